The van der Waals surface area contributed by atoms with Crippen molar-refractivity contribution in [3.8, 4) is 0 Å². The van der Waals surface area contributed by atoms with Crippen molar-refractivity contribution in [2.45, 2.75) is 32.4 Å². The number of halogens is 1. The lowest BCUT2D eigenvalue weighted by atomic mass is 10.0. The molecule has 2 rings (SSSR count). The first-order valence-electron chi connectivity index (χ1n) is 6.90. The number of amides is 1. The Labute approximate surface area is 127 Å². The highest BCUT2D eigenvalue weighted by atomic mass is 79.9. The monoisotopic (exact) mass is 343 g/mol. The van der Waals surface area contributed by atoms with Gasteiger partial charge in [-0.15, -0.1) is 0 Å². The molecule has 0 aromatic carbocycles. The number of aryl methyl sites for hydroxylation is 2. The van der Waals surface area contributed by atoms with Crippen LogP contribution in [0.5, 0.6) is 0 Å². The third kappa shape index (κ3) is 3.59. The fraction of sp³-hybridized carbons (Fsp3) is 0.692. The minimum atomic E-state index is -0.279. The van der Waals surface area contributed by atoms with Gasteiger partial charge in [0.2, 0.25) is 5.91 Å². The molecular formula is C13H22BrN5O. The summed E-state index contributed by atoms with van der Waals surface area (Å²) in [5.41, 5.74) is 7.45. The van der Waals surface area contributed by atoms with Gasteiger partial charge in [-0.2, -0.15) is 5.10 Å². The van der Waals surface area contributed by atoms with Crippen LogP contribution < -0.4 is 11.1 Å². The van der Waals surface area contributed by atoms with E-state index in [2.05, 4.69) is 31.2 Å². The van der Waals surface area contributed by atoms with E-state index in [9.17, 15) is 4.79 Å². The summed E-state index contributed by atoms with van der Waals surface area (Å²) in [6.07, 6.45) is 2.09. The van der Waals surface area contributed by atoms with Gasteiger partial charge < -0.3 is 11.1 Å². The highest BCUT2D eigenvalue weighted by Crippen LogP contribution is 2.23. The molecule has 1 aromatic heterocycles. The molecule has 0 radical (unpaired) electrons. The Bertz CT molecular complexity index is 481. The number of aromatic nitrogens is 2. The van der Waals surface area contributed by atoms with Gasteiger partial charge in [0, 0.05) is 19.6 Å². The predicted molar refractivity (Wildman–Crippen MR) is 81.1 cm³/mol. The van der Waals surface area contributed by atoms with E-state index in [0.717, 1.165) is 41.8 Å². The number of carbonyl (C=O) groups excluding carboxylic acids is 1. The number of nitrogens with one attached hydrogen (secondary N) is 1. The van der Waals surface area contributed by atoms with Crippen LogP contribution >= 0.6 is 15.9 Å². The molecule has 6 nitrogen and oxygen atoms in total. The van der Waals surface area contributed by atoms with E-state index in [1.165, 1.54) is 0 Å². The van der Waals surface area contributed by atoms with E-state index in [1.807, 2.05) is 18.7 Å². The third-order valence-electron chi connectivity index (χ3n) is 3.80. The van der Waals surface area contributed by atoms with Crippen molar-refractivity contribution in [1.82, 2.24) is 20.0 Å². The maximum absolute atomic E-state index is 11.3. The quantitative estimate of drug-likeness (QED) is 0.817. The van der Waals surface area contributed by atoms with Gasteiger partial charge in [0.05, 0.1) is 22.4 Å². The molecule has 112 valence electrons. The number of nitrogens with two attached hydrogens (primary N) is 1. The summed E-state index contributed by atoms with van der Waals surface area (Å²) in [6.45, 7) is 4.93. The molecule has 20 heavy (non-hydrogen) atoms. The molecule has 2 heterocycles. The lowest BCUT2D eigenvalue weighted by Crippen LogP contribution is -2.46. The fourth-order valence-corrected chi connectivity index (χ4v) is 3.19. The number of hydrogen-bond acceptors (Lipinski definition) is 4. The Balaban J connectivity index is 2.16. The average molecular weight is 344 g/mol. The molecule has 7 heteroatoms. The smallest absolute Gasteiger partial charge is 0.231 e. The lowest BCUT2D eigenvalue weighted by molar-refractivity contribution is -0.120. The van der Waals surface area contributed by atoms with Crippen LogP contribution in [-0.4, -0.2) is 46.3 Å². The first-order valence-corrected chi connectivity index (χ1v) is 7.69. The molecule has 1 fully saturated rings. The second-order valence-electron chi connectivity index (χ2n) is 5.32. The van der Waals surface area contributed by atoms with Crippen LogP contribution in [0.4, 0.5) is 0 Å². The zero-order valence-electron chi connectivity index (χ0n) is 12.0. The van der Waals surface area contributed by atoms with Crippen LogP contribution in [0.1, 0.15) is 24.2 Å². The second-order valence-corrected chi connectivity index (χ2v) is 6.12. The van der Waals surface area contributed by atoms with Crippen LogP contribution in [0.25, 0.3) is 0 Å². The number of carbonyl (C=O) groups is 1. The van der Waals surface area contributed by atoms with Gasteiger partial charge in [0.1, 0.15) is 0 Å². The van der Waals surface area contributed by atoms with Crippen LogP contribution in [0.3, 0.4) is 0 Å². The molecule has 0 atom stereocenters. The Morgan fingerprint density at radius 3 is 2.70 bits per heavy atom. The Morgan fingerprint density at radius 2 is 2.20 bits per heavy atom. The normalized spacial score (nSPS) is 16.8. The number of nitrogens with zero attached hydrogens (tertiary/aromatic N) is 3. The molecule has 0 bridgehead atoms. The summed E-state index contributed by atoms with van der Waals surface area (Å²) in [5.74, 6) is -0.279. The summed E-state index contributed by atoms with van der Waals surface area (Å²) >= 11 is 3.58. The summed E-state index contributed by atoms with van der Waals surface area (Å²) in [4.78, 5) is 13.5. The van der Waals surface area contributed by atoms with Crippen molar-refractivity contribution in [2.75, 3.05) is 19.6 Å². The summed E-state index contributed by atoms with van der Waals surface area (Å²) in [6, 6.07) is 0.394. The Hall–Kier alpha value is -0.920. The van der Waals surface area contributed by atoms with Crippen molar-refractivity contribution >= 4 is 21.8 Å². The largest absolute Gasteiger partial charge is 0.369 e. The van der Waals surface area contributed by atoms with Crippen LogP contribution in [0.2, 0.25) is 0 Å². The first kappa shape index (κ1) is 15.5. The highest BCUT2D eigenvalue weighted by molar-refractivity contribution is 9.10. The molecule has 3 N–H and O–H groups in total. The van der Waals surface area contributed by atoms with E-state index >= 15 is 0 Å². The molecule has 1 saturated heterocycles. The number of primary amides is 1. The number of rotatable bonds is 5. The minimum absolute atomic E-state index is 0.279. The molecule has 0 spiro atoms. The molecule has 0 saturated carbocycles. The topological polar surface area (TPSA) is 76.2 Å². The van der Waals surface area contributed by atoms with Crippen molar-refractivity contribution in [3.05, 3.63) is 15.9 Å². The molecule has 1 amide bonds. The average Bonchev–Trinajstić information content (AvgIpc) is 2.65. The van der Waals surface area contributed by atoms with Gasteiger partial charge in [-0.25, -0.2) is 0 Å². The van der Waals surface area contributed by atoms with Gasteiger partial charge in [0.25, 0.3) is 0 Å². The van der Waals surface area contributed by atoms with E-state index in [0.29, 0.717) is 19.1 Å². The van der Waals surface area contributed by atoms with Crippen molar-refractivity contribution in [1.29, 1.82) is 0 Å². The summed E-state index contributed by atoms with van der Waals surface area (Å²) in [7, 11) is 1.93. The highest BCUT2D eigenvalue weighted by Gasteiger charge is 2.24. The molecular weight excluding hydrogens is 322 g/mol. The Morgan fingerprint density at radius 1 is 1.55 bits per heavy atom. The van der Waals surface area contributed by atoms with E-state index in [1.54, 1.807) is 0 Å². The molecule has 1 aliphatic heterocycles. The lowest BCUT2D eigenvalue weighted by Gasteiger charge is -2.33. The SMILES string of the molecule is Cc1nn(C)c(CN(CC(N)=O)C2CCNCC2)c1Br. The standard InChI is InChI=1S/C13H22BrN5O/c1-9-13(14)11(18(2)17-9)7-19(8-12(15)20)10-3-5-16-6-4-10/h10,16H,3-8H2,1-2H3,(H2,15,20). The summed E-state index contributed by atoms with van der Waals surface area (Å²) < 4.78 is 2.89. The first-order chi connectivity index (χ1) is 9.49. The van der Waals surface area contributed by atoms with Crippen LogP contribution in [0, 0.1) is 6.92 Å². The molecule has 0 unspecified atom stereocenters. The maximum atomic E-state index is 11.3. The van der Waals surface area contributed by atoms with E-state index in [4.69, 9.17) is 5.73 Å². The Kier molecular flexibility index (Phi) is 5.17. The second kappa shape index (κ2) is 6.69. The van der Waals surface area contributed by atoms with E-state index < -0.39 is 0 Å². The van der Waals surface area contributed by atoms with Gasteiger partial charge in [0.15, 0.2) is 0 Å². The van der Waals surface area contributed by atoms with E-state index in [-0.39, 0.29) is 5.91 Å². The fourth-order valence-electron chi connectivity index (χ4n) is 2.73. The van der Waals surface area contributed by atoms with Crippen LogP contribution in [-0.2, 0) is 18.4 Å². The zero-order chi connectivity index (χ0) is 14.7. The van der Waals surface area contributed by atoms with Crippen molar-refractivity contribution in [2.24, 2.45) is 12.8 Å². The van der Waals surface area contributed by atoms with Gasteiger partial charge in [-0.05, 0) is 48.8 Å². The number of piperidine rings is 1. The molecule has 1 aliphatic rings. The van der Waals surface area contributed by atoms with Crippen molar-refractivity contribution in [3.63, 3.8) is 0 Å². The third-order valence-corrected chi connectivity index (χ3v) is 4.83. The predicted octanol–water partition coefficient (Wildman–Crippen LogP) is 0.530. The zero-order valence-corrected chi connectivity index (χ0v) is 13.6. The summed E-state index contributed by atoms with van der Waals surface area (Å²) in [5, 5.41) is 7.75. The number of hydrogen-bond donors (Lipinski definition) is 2. The minimum Gasteiger partial charge on any atom is -0.369 e. The van der Waals surface area contributed by atoms with Crippen molar-refractivity contribution < 1.29 is 4.79 Å². The van der Waals surface area contributed by atoms with Gasteiger partial charge in [-0.1, -0.05) is 0 Å². The van der Waals surface area contributed by atoms with Gasteiger partial charge >= 0.3 is 0 Å². The molecule has 0 aliphatic carbocycles. The maximum Gasteiger partial charge on any atom is 0.231 e. The van der Waals surface area contributed by atoms with Gasteiger partial charge in [-0.3, -0.25) is 14.4 Å². The molecule has 1 aromatic rings. The van der Waals surface area contributed by atoms with Crippen LogP contribution in [0.15, 0.2) is 4.47 Å².